The second-order valence-corrected chi connectivity index (χ2v) is 3.90. The lowest BCUT2D eigenvalue weighted by Crippen LogP contribution is -2.00. The van der Waals surface area contributed by atoms with Crippen LogP contribution in [0.4, 0.5) is 4.39 Å². The summed E-state index contributed by atoms with van der Waals surface area (Å²) >= 11 is 0. The summed E-state index contributed by atoms with van der Waals surface area (Å²) in [5, 5.41) is 18.4. The van der Waals surface area contributed by atoms with Crippen LogP contribution >= 0.6 is 0 Å². The van der Waals surface area contributed by atoms with E-state index in [9.17, 15) is 14.3 Å². The molecule has 0 aliphatic rings. The second kappa shape index (κ2) is 4.87. The molecule has 0 saturated carbocycles. The van der Waals surface area contributed by atoms with Crippen molar-refractivity contribution in [2.24, 2.45) is 0 Å². The zero-order valence-electron chi connectivity index (χ0n) is 9.43. The Balaban J connectivity index is 2.50. The molecule has 0 aromatic heterocycles. The van der Waals surface area contributed by atoms with Crippen LogP contribution in [0, 0.1) is 5.82 Å². The van der Waals surface area contributed by atoms with Gasteiger partial charge in [0.1, 0.15) is 11.6 Å². The third-order valence-electron chi connectivity index (χ3n) is 2.58. The molecule has 0 saturated heterocycles. The van der Waals surface area contributed by atoms with Crippen molar-refractivity contribution >= 4 is 5.97 Å². The number of hydrogen-bond acceptors (Lipinski definition) is 2. The predicted octanol–water partition coefficient (Wildman–Crippen LogP) is 2.83. The van der Waals surface area contributed by atoms with Gasteiger partial charge in [0.15, 0.2) is 0 Å². The summed E-state index contributed by atoms with van der Waals surface area (Å²) in [4.78, 5) is 10.6. The normalized spacial score (nSPS) is 10.3. The maximum Gasteiger partial charge on any atom is 0.307 e. The van der Waals surface area contributed by atoms with E-state index in [-0.39, 0.29) is 17.7 Å². The molecule has 0 amide bonds. The molecule has 0 heterocycles. The lowest BCUT2D eigenvalue weighted by molar-refractivity contribution is -0.136. The molecule has 2 aromatic rings. The fourth-order valence-electron chi connectivity index (χ4n) is 1.76. The molecule has 18 heavy (non-hydrogen) atoms. The van der Waals surface area contributed by atoms with E-state index in [2.05, 4.69) is 0 Å². The fourth-order valence-corrected chi connectivity index (χ4v) is 1.76. The molecule has 2 rings (SSSR count). The number of halogens is 1. The van der Waals surface area contributed by atoms with E-state index < -0.39 is 11.8 Å². The highest BCUT2D eigenvalue weighted by atomic mass is 19.1. The van der Waals surface area contributed by atoms with Crippen LogP contribution < -0.4 is 0 Å². The molecule has 0 spiro atoms. The van der Waals surface area contributed by atoms with E-state index >= 15 is 0 Å². The van der Waals surface area contributed by atoms with Gasteiger partial charge in [0.05, 0.1) is 6.42 Å². The van der Waals surface area contributed by atoms with Gasteiger partial charge >= 0.3 is 5.97 Å². The third-order valence-corrected chi connectivity index (χ3v) is 2.58. The molecule has 0 atom stereocenters. The largest absolute Gasteiger partial charge is 0.507 e. The van der Waals surface area contributed by atoms with Crippen LogP contribution in [0.15, 0.2) is 42.5 Å². The summed E-state index contributed by atoms with van der Waals surface area (Å²) in [6.45, 7) is 0. The van der Waals surface area contributed by atoms with Crippen molar-refractivity contribution in [2.45, 2.75) is 6.42 Å². The number of aliphatic carboxylic acids is 1. The second-order valence-electron chi connectivity index (χ2n) is 3.90. The van der Waals surface area contributed by atoms with Gasteiger partial charge in [-0.05, 0) is 23.8 Å². The number of benzene rings is 2. The predicted molar refractivity (Wildman–Crippen MR) is 64.8 cm³/mol. The summed E-state index contributed by atoms with van der Waals surface area (Å²) < 4.78 is 13.7. The van der Waals surface area contributed by atoms with E-state index in [0.717, 1.165) is 0 Å². The summed E-state index contributed by atoms with van der Waals surface area (Å²) in [6.07, 6.45) is -0.180. The summed E-state index contributed by atoms with van der Waals surface area (Å²) in [5.41, 5.74) is 1.04. The third kappa shape index (κ3) is 2.48. The molecular weight excluding hydrogens is 235 g/mol. The van der Waals surface area contributed by atoms with E-state index in [0.29, 0.717) is 11.1 Å². The van der Waals surface area contributed by atoms with Gasteiger partial charge in [-0.2, -0.15) is 0 Å². The van der Waals surface area contributed by atoms with E-state index in [1.807, 2.05) is 0 Å². The Morgan fingerprint density at radius 3 is 2.50 bits per heavy atom. The number of carbonyl (C=O) groups is 1. The van der Waals surface area contributed by atoms with Crippen LogP contribution in [0.25, 0.3) is 11.1 Å². The maximum atomic E-state index is 13.7. The first-order valence-electron chi connectivity index (χ1n) is 5.36. The van der Waals surface area contributed by atoms with Gasteiger partial charge in [-0.3, -0.25) is 4.79 Å². The van der Waals surface area contributed by atoms with Gasteiger partial charge in [-0.1, -0.05) is 24.3 Å². The lowest BCUT2D eigenvalue weighted by atomic mass is 10.0. The average molecular weight is 246 g/mol. The van der Waals surface area contributed by atoms with E-state index in [1.165, 1.54) is 24.3 Å². The molecule has 0 unspecified atom stereocenters. The highest BCUT2D eigenvalue weighted by molar-refractivity contribution is 5.74. The van der Waals surface area contributed by atoms with Gasteiger partial charge in [-0.25, -0.2) is 4.39 Å². The first-order chi connectivity index (χ1) is 8.58. The molecule has 0 aliphatic carbocycles. The topological polar surface area (TPSA) is 57.5 Å². The number of phenolic OH excluding ortho intramolecular Hbond substituents is 1. The van der Waals surface area contributed by atoms with Crippen LogP contribution in [0.1, 0.15) is 5.56 Å². The SMILES string of the molecule is O=C(O)Cc1ccc(F)c(-c2ccccc2O)c1. The minimum Gasteiger partial charge on any atom is -0.507 e. The smallest absolute Gasteiger partial charge is 0.307 e. The zero-order chi connectivity index (χ0) is 13.1. The number of carboxylic acids is 1. The van der Waals surface area contributed by atoms with Crippen molar-refractivity contribution in [1.82, 2.24) is 0 Å². The van der Waals surface area contributed by atoms with Gasteiger partial charge in [0.2, 0.25) is 0 Å². The van der Waals surface area contributed by atoms with Crippen LogP contribution in [0.2, 0.25) is 0 Å². The highest BCUT2D eigenvalue weighted by Gasteiger charge is 2.11. The molecular formula is C14H11FO3. The Morgan fingerprint density at radius 1 is 1.11 bits per heavy atom. The van der Waals surface area contributed by atoms with Gasteiger partial charge < -0.3 is 10.2 Å². The molecule has 0 aliphatic heterocycles. The Bertz CT molecular complexity index is 593. The number of aromatic hydroxyl groups is 1. The van der Waals surface area contributed by atoms with Crippen molar-refractivity contribution in [2.75, 3.05) is 0 Å². The Morgan fingerprint density at radius 2 is 1.83 bits per heavy atom. The Labute approximate surface area is 103 Å². The summed E-state index contributed by atoms with van der Waals surface area (Å²) in [6, 6.07) is 10.4. The Hall–Kier alpha value is -2.36. The van der Waals surface area contributed by atoms with E-state index in [1.54, 1.807) is 18.2 Å². The highest BCUT2D eigenvalue weighted by Crippen LogP contribution is 2.31. The van der Waals surface area contributed by atoms with Crippen molar-refractivity contribution in [3.8, 4) is 16.9 Å². The van der Waals surface area contributed by atoms with E-state index in [4.69, 9.17) is 5.11 Å². The monoisotopic (exact) mass is 246 g/mol. The zero-order valence-corrected chi connectivity index (χ0v) is 9.43. The van der Waals surface area contributed by atoms with Crippen LogP contribution in [-0.2, 0) is 11.2 Å². The van der Waals surface area contributed by atoms with Gasteiger partial charge in [-0.15, -0.1) is 0 Å². The molecule has 0 radical (unpaired) electrons. The molecule has 92 valence electrons. The minimum atomic E-state index is -0.982. The number of hydrogen-bond donors (Lipinski definition) is 2. The van der Waals surface area contributed by atoms with Crippen LogP contribution in [-0.4, -0.2) is 16.2 Å². The van der Waals surface area contributed by atoms with Crippen molar-refractivity contribution < 1.29 is 19.4 Å². The quantitative estimate of drug-likeness (QED) is 0.875. The van der Waals surface area contributed by atoms with Gasteiger partial charge in [0.25, 0.3) is 0 Å². The Kier molecular flexibility index (Phi) is 3.28. The van der Waals surface area contributed by atoms with Crippen molar-refractivity contribution in [1.29, 1.82) is 0 Å². The minimum absolute atomic E-state index is 0.0381. The first-order valence-corrected chi connectivity index (χ1v) is 5.36. The van der Waals surface area contributed by atoms with Crippen molar-refractivity contribution in [3.05, 3.63) is 53.8 Å². The summed E-state index contributed by atoms with van der Waals surface area (Å²) in [7, 11) is 0. The molecule has 2 N–H and O–H groups in total. The van der Waals surface area contributed by atoms with Gasteiger partial charge in [0, 0.05) is 11.1 Å². The standard InChI is InChI=1S/C14H11FO3/c15-12-6-5-9(8-14(17)18)7-11(12)10-3-1-2-4-13(10)16/h1-7,16H,8H2,(H,17,18). The van der Waals surface area contributed by atoms with Crippen LogP contribution in [0.3, 0.4) is 0 Å². The summed E-state index contributed by atoms with van der Waals surface area (Å²) in [5.74, 6) is -1.51. The fraction of sp³-hybridized carbons (Fsp3) is 0.0714. The average Bonchev–Trinajstić information content (AvgIpc) is 2.32. The molecule has 0 bridgehead atoms. The lowest BCUT2D eigenvalue weighted by Gasteiger charge is -2.07. The maximum absolute atomic E-state index is 13.7. The molecule has 2 aromatic carbocycles. The molecule has 0 fully saturated rings. The molecule has 3 nitrogen and oxygen atoms in total. The number of para-hydroxylation sites is 1. The first kappa shape index (κ1) is 12.1. The number of phenols is 1. The van der Waals surface area contributed by atoms with Crippen molar-refractivity contribution in [3.63, 3.8) is 0 Å². The van der Waals surface area contributed by atoms with Crippen LogP contribution in [0.5, 0.6) is 5.75 Å². The molecule has 4 heteroatoms. The number of carboxylic acid groups (broad SMARTS) is 1. The number of rotatable bonds is 3.